The first-order valence-corrected chi connectivity index (χ1v) is 5.47. The highest BCUT2D eigenvalue weighted by atomic mass is 16.4. The van der Waals surface area contributed by atoms with E-state index in [1.54, 1.807) is 4.90 Å². The van der Waals surface area contributed by atoms with Gasteiger partial charge in [-0.2, -0.15) is 0 Å². The van der Waals surface area contributed by atoms with E-state index >= 15 is 0 Å². The maximum Gasteiger partial charge on any atom is 0.328 e. The topological polar surface area (TPSA) is 89.9 Å². The number of hydrogen-bond donors (Lipinski definition) is 3. The van der Waals surface area contributed by atoms with E-state index in [2.05, 4.69) is 5.32 Å². The maximum atomic E-state index is 11.7. The monoisotopic (exact) mass is 230 g/mol. The van der Waals surface area contributed by atoms with Gasteiger partial charge in [0, 0.05) is 12.6 Å². The molecule has 0 aliphatic carbocycles. The Balaban J connectivity index is 2.52. The molecule has 16 heavy (non-hydrogen) atoms. The maximum absolute atomic E-state index is 11.7. The zero-order chi connectivity index (χ0) is 12.1. The number of rotatable bonds is 3. The van der Waals surface area contributed by atoms with E-state index in [-0.39, 0.29) is 6.04 Å². The van der Waals surface area contributed by atoms with Gasteiger partial charge in [-0.25, -0.2) is 9.59 Å². The Kier molecular flexibility index (Phi) is 4.54. The number of carbonyl (C=O) groups is 2. The van der Waals surface area contributed by atoms with E-state index in [0.717, 1.165) is 19.3 Å². The van der Waals surface area contributed by atoms with Gasteiger partial charge >= 0.3 is 12.0 Å². The van der Waals surface area contributed by atoms with Crippen LogP contribution in [0.3, 0.4) is 0 Å². The molecule has 1 aliphatic heterocycles. The molecule has 6 nitrogen and oxygen atoms in total. The molecule has 0 bridgehead atoms. The number of aliphatic hydroxyl groups excluding tert-OH is 1. The molecule has 0 aromatic heterocycles. The van der Waals surface area contributed by atoms with Crippen molar-refractivity contribution in [2.24, 2.45) is 0 Å². The summed E-state index contributed by atoms with van der Waals surface area (Å²) in [7, 11) is 0. The molecule has 2 amide bonds. The van der Waals surface area contributed by atoms with Crippen LogP contribution in [0.4, 0.5) is 4.79 Å². The van der Waals surface area contributed by atoms with Gasteiger partial charge in [0.05, 0.1) is 6.61 Å². The Bertz CT molecular complexity index is 270. The van der Waals surface area contributed by atoms with E-state index < -0.39 is 24.6 Å². The summed E-state index contributed by atoms with van der Waals surface area (Å²) in [5.41, 5.74) is 0. The summed E-state index contributed by atoms with van der Waals surface area (Å²) in [6.45, 7) is 1.99. The van der Waals surface area contributed by atoms with Gasteiger partial charge in [0.2, 0.25) is 0 Å². The van der Waals surface area contributed by atoms with Crippen LogP contribution >= 0.6 is 0 Å². The molecule has 1 heterocycles. The number of piperidine rings is 1. The van der Waals surface area contributed by atoms with Crippen LogP contribution in [0.2, 0.25) is 0 Å². The molecule has 3 N–H and O–H groups in total. The normalized spacial score (nSPS) is 22.6. The number of aliphatic hydroxyl groups is 1. The summed E-state index contributed by atoms with van der Waals surface area (Å²) in [6, 6.07) is -1.50. The second kappa shape index (κ2) is 5.69. The molecule has 1 aliphatic rings. The lowest BCUT2D eigenvalue weighted by molar-refractivity contribution is -0.140. The molecule has 0 saturated carbocycles. The summed E-state index contributed by atoms with van der Waals surface area (Å²) in [5, 5.41) is 19.8. The van der Waals surface area contributed by atoms with Crippen molar-refractivity contribution in [3.05, 3.63) is 0 Å². The third-order valence-electron chi connectivity index (χ3n) is 2.84. The molecule has 6 heteroatoms. The highest BCUT2D eigenvalue weighted by molar-refractivity contribution is 5.82. The van der Waals surface area contributed by atoms with Gasteiger partial charge in [0.15, 0.2) is 6.04 Å². The molecule has 0 aromatic carbocycles. The molecule has 1 rings (SSSR count). The van der Waals surface area contributed by atoms with Crippen molar-refractivity contribution in [1.82, 2.24) is 10.2 Å². The van der Waals surface area contributed by atoms with Gasteiger partial charge in [-0.15, -0.1) is 0 Å². The number of carboxylic acids is 1. The highest BCUT2D eigenvalue weighted by Gasteiger charge is 2.26. The molecule has 2 atom stereocenters. The second-order valence-corrected chi connectivity index (χ2v) is 4.06. The lowest BCUT2D eigenvalue weighted by Crippen LogP contribution is -2.53. The van der Waals surface area contributed by atoms with Crippen molar-refractivity contribution in [1.29, 1.82) is 0 Å². The second-order valence-electron chi connectivity index (χ2n) is 4.06. The molecule has 0 radical (unpaired) electrons. The van der Waals surface area contributed by atoms with Crippen LogP contribution in [0.25, 0.3) is 0 Å². The van der Waals surface area contributed by atoms with Gasteiger partial charge in [-0.05, 0) is 26.2 Å². The third kappa shape index (κ3) is 3.10. The first-order chi connectivity index (χ1) is 7.56. The van der Waals surface area contributed by atoms with Crippen LogP contribution < -0.4 is 5.32 Å². The lowest BCUT2D eigenvalue weighted by Gasteiger charge is -2.34. The first-order valence-electron chi connectivity index (χ1n) is 5.47. The van der Waals surface area contributed by atoms with Gasteiger partial charge < -0.3 is 20.4 Å². The number of hydrogen-bond acceptors (Lipinski definition) is 3. The molecule has 1 fully saturated rings. The van der Waals surface area contributed by atoms with Gasteiger partial charge in [0.25, 0.3) is 0 Å². The minimum absolute atomic E-state index is 0.127. The Morgan fingerprint density at radius 3 is 2.69 bits per heavy atom. The SMILES string of the molecule is CC1CCCCN1C(=O)N[C@H](CO)C(=O)O. The van der Waals surface area contributed by atoms with Gasteiger partial charge in [-0.1, -0.05) is 0 Å². The number of amides is 2. The van der Waals surface area contributed by atoms with Crippen LogP contribution in [-0.4, -0.2) is 52.3 Å². The number of nitrogens with zero attached hydrogens (tertiary/aromatic N) is 1. The third-order valence-corrected chi connectivity index (χ3v) is 2.84. The number of aliphatic carboxylic acids is 1. The van der Waals surface area contributed by atoms with Crippen molar-refractivity contribution < 1.29 is 19.8 Å². The van der Waals surface area contributed by atoms with Crippen molar-refractivity contribution in [3.63, 3.8) is 0 Å². The number of carboxylic acid groups (broad SMARTS) is 1. The summed E-state index contributed by atoms with van der Waals surface area (Å²) in [4.78, 5) is 24.0. The molecular weight excluding hydrogens is 212 g/mol. The van der Waals surface area contributed by atoms with E-state index in [1.807, 2.05) is 6.92 Å². The van der Waals surface area contributed by atoms with Crippen molar-refractivity contribution in [2.75, 3.05) is 13.2 Å². The van der Waals surface area contributed by atoms with Crippen LogP contribution in [0.15, 0.2) is 0 Å². The fourth-order valence-electron chi connectivity index (χ4n) is 1.82. The van der Waals surface area contributed by atoms with Gasteiger partial charge in [-0.3, -0.25) is 0 Å². The average Bonchev–Trinajstić information content (AvgIpc) is 2.25. The average molecular weight is 230 g/mol. The largest absolute Gasteiger partial charge is 0.480 e. The Morgan fingerprint density at radius 1 is 1.50 bits per heavy atom. The highest BCUT2D eigenvalue weighted by Crippen LogP contribution is 2.16. The predicted molar refractivity (Wildman–Crippen MR) is 57.1 cm³/mol. The Labute approximate surface area is 94.2 Å². The molecule has 1 saturated heterocycles. The zero-order valence-electron chi connectivity index (χ0n) is 9.35. The first kappa shape index (κ1) is 12.8. The summed E-state index contributed by atoms with van der Waals surface area (Å²) >= 11 is 0. The number of nitrogens with one attached hydrogen (secondary N) is 1. The minimum Gasteiger partial charge on any atom is -0.480 e. The fraction of sp³-hybridized carbons (Fsp3) is 0.800. The van der Waals surface area contributed by atoms with Crippen LogP contribution in [0, 0.1) is 0 Å². The zero-order valence-corrected chi connectivity index (χ0v) is 9.35. The molecular formula is C10H18N2O4. The van der Waals surface area contributed by atoms with E-state index in [9.17, 15) is 9.59 Å². The van der Waals surface area contributed by atoms with E-state index in [1.165, 1.54) is 0 Å². The van der Waals surface area contributed by atoms with Crippen LogP contribution in [0.1, 0.15) is 26.2 Å². The standard InChI is InChI=1S/C10H18N2O4/c1-7-4-2-3-5-12(7)10(16)11-8(6-13)9(14)15/h7-8,13H,2-6H2,1H3,(H,11,16)(H,14,15)/t7?,8-/m1/s1. The van der Waals surface area contributed by atoms with Crippen molar-refractivity contribution in [3.8, 4) is 0 Å². The number of carbonyl (C=O) groups excluding carboxylic acids is 1. The van der Waals surface area contributed by atoms with Crippen molar-refractivity contribution in [2.45, 2.75) is 38.3 Å². The molecule has 0 aromatic rings. The quantitative estimate of drug-likeness (QED) is 0.637. The van der Waals surface area contributed by atoms with E-state index in [4.69, 9.17) is 10.2 Å². The fourth-order valence-corrected chi connectivity index (χ4v) is 1.82. The predicted octanol–water partition coefficient (Wildman–Crippen LogP) is 0.0159. The van der Waals surface area contributed by atoms with Gasteiger partial charge in [0.1, 0.15) is 0 Å². The molecule has 1 unspecified atom stereocenters. The molecule has 92 valence electrons. The molecule has 0 spiro atoms. The Hall–Kier alpha value is -1.30. The smallest absolute Gasteiger partial charge is 0.328 e. The number of urea groups is 1. The van der Waals surface area contributed by atoms with Crippen LogP contribution in [-0.2, 0) is 4.79 Å². The lowest BCUT2D eigenvalue weighted by atomic mass is 10.0. The summed E-state index contributed by atoms with van der Waals surface area (Å²) < 4.78 is 0. The van der Waals surface area contributed by atoms with Crippen molar-refractivity contribution >= 4 is 12.0 Å². The summed E-state index contributed by atoms with van der Waals surface area (Å²) in [5.74, 6) is -1.22. The number of likely N-dealkylation sites (tertiary alicyclic amines) is 1. The van der Waals surface area contributed by atoms with Crippen LogP contribution in [0.5, 0.6) is 0 Å². The Morgan fingerprint density at radius 2 is 2.19 bits per heavy atom. The minimum atomic E-state index is -1.22. The van der Waals surface area contributed by atoms with E-state index in [0.29, 0.717) is 6.54 Å². The summed E-state index contributed by atoms with van der Waals surface area (Å²) in [6.07, 6.45) is 2.96.